The van der Waals surface area contributed by atoms with Gasteiger partial charge in [0.2, 0.25) is 0 Å². The summed E-state index contributed by atoms with van der Waals surface area (Å²) in [7, 11) is 1.64. The quantitative estimate of drug-likeness (QED) is 0.855. The first-order valence-corrected chi connectivity index (χ1v) is 5.14. The Labute approximate surface area is 98.9 Å². The largest absolute Gasteiger partial charge is 0.456 e. The van der Waals surface area contributed by atoms with Gasteiger partial charge < -0.3 is 10.2 Å². The Bertz CT molecular complexity index is 531. The zero-order valence-corrected chi connectivity index (χ0v) is 9.68. The molecule has 5 heteroatoms. The molecule has 0 aliphatic heterocycles. The zero-order valence-electron chi connectivity index (χ0n) is 9.68. The standard InChI is InChI=1S/C12H13N3O2/c1-8-3-5-10(17-8)12(16)15(2)11-6-4-9(13)7-14-11/h3-7H,13H2,1-2H3. The number of rotatable bonds is 2. The molecule has 2 rings (SSSR count). The summed E-state index contributed by atoms with van der Waals surface area (Å²) in [5, 5.41) is 0. The fourth-order valence-corrected chi connectivity index (χ4v) is 1.41. The van der Waals surface area contributed by atoms with Gasteiger partial charge in [0.1, 0.15) is 11.6 Å². The Morgan fingerprint density at radius 2 is 2.12 bits per heavy atom. The first kappa shape index (κ1) is 11.2. The second kappa shape index (κ2) is 4.29. The fraction of sp³-hybridized carbons (Fsp3) is 0.167. The number of carbonyl (C=O) groups is 1. The third kappa shape index (κ3) is 2.28. The van der Waals surface area contributed by atoms with Crippen LogP contribution in [0.1, 0.15) is 16.3 Å². The van der Waals surface area contributed by atoms with Crippen molar-refractivity contribution in [3.63, 3.8) is 0 Å². The molecule has 1 amide bonds. The lowest BCUT2D eigenvalue weighted by atomic mass is 10.3. The molecule has 0 spiro atoms. The van der Waals surface area contributed by atoms with Crippen LogP contribution in [0.15, 0.2) is 34.9 Å². The maximum Gasteiger partial charge on any atom is 0.294 e. The lowest BCUT2D eigenvalue weighted by Crippen LogP contribution is -2.26. The summed E-state index contributed by atoms with van der Waals surface area (Å²) >= 11 is 0. The van der Waals surface area contributed by atoms with Gasteiger partial charge in [-0.25, -0.2) is 4.98 Å². The molecule has 0 radical (unpaired) electrons. The fourth-order valence-electron chi connectivity index (χ4n) is 1.41. The zero-order chi connectivity index (χ0) is 12.4. The molecule has 0 saturated carbocycles. The van der Waals surface area contributed by atoms with Gasteiger partial charge in [-0.15, -0.1) is 0 Å². The number of hydrogen-bond acceptors (Lipinski definition) is 4. The molecule has 5 nitrogen and oxygen atoms in total. The van der Waals surface area contributed by atoms with Gasteiger partial charge in [-0.05, 0) is 31.2 Å². The molecule has 0 unspecified atom stereocenters. The van der Waals surface area contributed by atoms with Crippen molar-refractivity contribution >= 4 is 17.4 Å². The minimum absolute atomic E-state index is 0.240. The van der Waals surface area contributed by atoms with E-state index in [0.717, 1.165) is 0 Å². The summed E-state index contributed by atoms with van der Waals surface area (Å²) in [4.78, 5) is 17.5. The first-order chi connectivity index (χ1) is 8.08. The highest BCUT2D eigenvalue weighted by Crippen LogP contribution is 2.15. The van der Waals surface area contributed by atoms with Crippen LogP contribution in [-0.4, -0.2) is 17.9 Å². The molecule has 2 aromatic heterocycles. The Morgan fingerprint density at radius 1 is 1.35 bits per heavy atom. The van der Waals surface area contributed by atoms with Gasteiger partial charge in [0.15, 0.2) is 5.76 Å². The van der Waals surface area contributed by atoms with E-state index in [-0.39, 0.29) is 5.91 Å². The van der Waals surface area contributed by atoms with Gasteiger partial charge >= 0.3 is 0 Å². The number of nitrogens with two attached hydrogens (primary N) is 1. The predicted molar refractivity (Wildman–Crippen MR) is 64.8 cm³/mol. The summed E-state index contributed by atoms with van der Waals surface area (Å²) in [5.74, 6) is 1.28. The second-order valence-electron chi connectivity index (χ2n) is 3.72. The van der Waals surface area contributed by atoms with Crippen molar-refractivity contribution in [2.75, 3.05) is 17.7 Å². The third-order valence-electron chi connectivity index (χ3n) is 2.37. The maximum absolute atomic E-state index is 12.0. The number of aryl methyl sites for hydroxylation is 1. The molecule has 0 aromatic carbocycles. The monoisotopic (exact) mass is 231 g/mol. The lowest BCUT2D eigenvalue weighted by molar-refractivity contribution is 0.0964. The number of carbonyl (C=O) groups excluding carboxylic acids is 1. The van der Waals surface area contributed by atoms with E-state index in [2.05, 4.69) is 4.98 Å². The molecule has 0 saturated heterocycles. The number of hydrogen-bond donors (Lipinski definition) is 1. The van der Waals surface area contributed by atoms with Crippen LogP contribution in [0.3, 0.4) is 0 Å². The van der Waals surface area contributed by atoms with Crippen molar-refractivity contribution in [3.05, 3.63) is 42.0 Å². The average Bonchev–Trinajstić information content (AvgIpc) is 2.75. The van der Waals surface area contributed by atoms with Crippen LogP contribution >= 0.6 is 0 Å². The summed E-state index contributed by atoms with van der Waals surface area (Å²) in [6, 6.07) is 6.77. The number of amides is 1. The van der Waals surface area contributed by atoms with E-state index in [1.165, 1.54) is 11.1 Å². The molecule has 0 aliphatic rings. The van der Waals surface area contributed by atoms with Crippen LogP contribution in [-0.2, 0) is 0 Å². The molecule has 0 atom stereocenters. The van der Waals surface area contributed by atoms with E-state index < -0.39 is 0 Å². The summed E-state index contributed by atoms with van der Waals surface area (Å²) < 4.78 is 5.27. The van der Waals surface area contributed by atoms with Crippen molar-refractivity contribution in [3.8, 4) is 0 Å². The van der Waals surface area contributed by atoms with Crippen molar-refractivity contribution in [1.29, 1.82) is 0 Å². The van der Waals surface area contributed by atoms with Gasteiger partial charge in [0.25, 0.3) is 5.91 Å². The summed E-state index contributed by atoms with van der Waals surface area (Å²) in [5.41, 5.74) is 6.09. The van der Waals surface area contributed by atoms with Gasteiger partial charge in [-0.2, -0.15) is 0 Å². The summed E-state index contributed by atoms with van der Waals surface area (Å²) in [6.45, 7) is 1.79. The Kier molecular flexibility index (Phi) is 2.82. The van der Waals surface area contributed by atoms with Crippen LogP contribution in [0.5, 0.6) is 0 Å². The van der Waals surface area contributed by atoms with Crippen molar-refractivity contribution in [1.82, 2.24) is 4.98 Å². The number of nitrogens with zero attached hydrogens (tertiary/aromatic N) is 2. The predicted octanol–water partition coefficient (Wildman–Crippen LogP) is 1.84. The molecule has 2 aromatic rings. The topological polar surface area (TPSA) is 72.4 Å². The molecule has 0 aliphatic carbocycles. The summed E-state index contributed by atoms with van der Waals surface area (Å²) in [6.07, 6.45) is 1.51. The van der Waals surface area contributed by atoms with Gasteiger partial charge in [-0.1, -0.05) is 0 Å². The normalized spacial score (nSPS) is 10.2. The Hall–Kier alpha value is -2.30. The third-order valence-corrected chi connectivity index (χ3v) is 2.37. The van der Waals surface area contributed by atoms with E-state index in [0.29, 0.717) is 23.0 Å². The molecule has 0 bridgehead atoms. The minimum atomic E-state index is -0.240. The lowest BCUT2D eigenvalue weighted by Gasteiger charge is -2.14. The highest BCUT2D eigenvalue weighted by Gasteiger charge is 2.17. The van der Waals surface area contributed by atoms with Crippen LogP contribution < -0.4 is 10.6 Å². The van der Waals surface area contributed by atoms with Gasteiger partial charge in [-0.3, -0.25) is 9.69 Å². The number of aromatic nitrogens is 1. The smallest absolute Gasteiger partial charge is 0.294 e. The minimum Gasteiger partial charge on any atom is -0.456 e. The first-order valence-electron chi connectivity index (χ1n) is 5.14. The SMILES string of the molecule is Cc1ccc(C(=O)N(C)c2ccc(N)cn2)o1. The van der Waals surface area contributed by atoms with Gasteiger partial charge in [0.05, 0.1) is 11.9 Å². The molecular weight excluding hydrogens is 218 g/mol. The average molecular weight is 231 g/mol. The highest BCUT2D eigenvalue weighted by molar-refractivity contribution is 6.03. The second-order valence-corrected chi connectivity index (χ2v) is 3.72. The van der Waals surface area contributed by atoms with Crippen molar-refractivity contribution < 1.29 is 9.21 Å². The molecule has 17 heavy (non-hydrogen) atoms. The van der Waals surface area contributed by atoms with E-state index >= 15 is 0 Å². The van der Waals surface area contributed by atoms with E-state index in [9.17, 15) is 4.79 Å². The van der Waals surface area contributed by atoms with Crippen LogP contribution in [0.25, 0.3) is 0 Å². The maximum atomic E-state index is 12.0. The van der Waals surface area contributed by atoms with Crippen molar-refractivity contribution in [2.24, 2.45) is 0 Å². The molecule has 2 heterocycles. The van der Waals surface area contributed by atoms with Crippen LogP contribution in [0, 0.1) is 6.92 Å². The number of pyridine rings is 1. The number of nitrogen functional groups attached to an aromatic ring is 1. The van der Waals surface area contributed by atoms with Crippen LogP contribution in [0.2, 0.25) is 0 Å². The van der Waals surface area contributed by atoms with Crippen LogP contribution in [0.4, 0.5) is 11.5 Å². The molecular formula is C12H13N3O2. The van der Waals surface area contributed by atoms with E-state index in [1.807, 2.05) is 0 Å². The number of furan rings is 1. The number of anilines is 2. The van der Waals surface area contributed by atoms with Gasteiger partial charge in [0, 0.05) is 7.05 Å². The molecule has 2 N–H and O–H groups in total. The highest BCUT2D eigenvalue weighted by atomic mass is 16.3. The Morgan fingerprint density at radius 3 is 2.65 bits per heavy atom. The van der Waals surface area contributed by atoms with E-state index in [4.69, 9.17) is 10.2 Å². The van der Waals surface area contributed by atoms with Crippen molar-refractivity contribution in [2.45, 2.75) is 6.92 Å². The molecule has 0 fully saturated rings. The molecule has 88 valence electrons. The van der Waals surface area contributed by atoms with E-state index in [1.54, 1.807) is 38.2 Å². The Balaban J connectivity index is 2.23.